The molecule has 6 unspecified atom stereocenters. The van der Waals surface area contributed by atoms with Crippen LogP contribution in [0, 0.1) is 11.8 Å². The normalized spacial score (nSPS) is 31.4. The van der Waals surface area contributed by atoms with Crippen molar-refractivity contribution in [2.45, 2.75) is 28.1 Å². The lowest BCUT2D eigenvalue weighted by atomic mass is 9.79. The Morgan fingerprint density at radius 1 is 1.00 bits per heavy atom. The van der Waals surface area contributed by atoms with Gasteiger partial charge in [-0.2, -0.15) is 4.57 Å². The first-order valence-electron chi connectivity index (χ1n) is 8.72. The zero-order valence-electron chi connectivity index (χ0n) is 15.5. The Hall–Kier alpha value is -1.41. The number of ketones is 2. The van der Waals surface area contributed by atoms with Crippen LogP contribution in [0.1, 0.15) is 0 Å². The lowest BCUT2D eigenvalue weighted by molar-refractivity contribution is -0.685. The minimum atomic E-state index is -0.949. The second kappa shape index (κ2) is 8.76. The van der Waals surface area contributed by atoms with E-state index in [2.05, 4.69) is 5.16 Å². The van der Waals surface area contributed by atoms with Gasteiger partial charge in [0, 0.05) is 31.9 Å². The van der Waals surface area contributed by atoms with Crippen LogP contribution in [0.25, 0.3) is 0 Å². The highest BCUT2D eigenvalue weighted by molar-refractivity contribution is 6.71. The van der Waals surface area contributed by atoms with E-state index < -0.39 is 56.6 Å². The van der Waals surface area contributed by atoms with Crippen molar-refractivity contribution in [2.75, 3.05) is 19.0 Å². The molecule has 1 heterocycles. The fraction of sp³-hybridized carbons (Fsp3) is 0.500. The Morgan fingerprint density at radius 2 is 1.48 bits per heavy atom. The van der Waals surface area contributed by atoms with Gasteiger partial charge in [-0.15, -0.1) is 46.4 Å². The summed E-state index contributed by atoms with van der Waals surface area (Å²) in [5.41, 5.74) is 0.466. The van der Waals surface area contributed by atoms with Crippen molar-refractivity contribution in [3.63, 3.8) is 0 Å². The predicted molar refractivity (Wildman–Crippen MR) is 110 cm³/mol. The van der Waals surface area contributed by atoms with Crippen LogP contribution in [-0.2, 0) is 25.8 Å². The van der Waals surface area contributed by atoms with E-state index in [1.807, 2.05) is 31.1 Å². The van der Waals surface area contributed by atoms with Crippen LogP contribution in [-0.4, -0.2) is 58.9 Å². The van der Waals surface area contributed by atoms with Crippen molar-refractivity contribution in [2.24, 2.45) is 17.0 Å². The number of hydrogen-bond donors (Lipinski definition) is 0. The monoisotopic (exact) mass is 480 g/mol. The molecule has 0 bridgehead atoms. The largest absolute Gasteiger partial charge is 0.399 e. The summed E-state index contributed by atoms with van der Waals surface area (Å²) >= 11 is 24.8. The number of anilines is 1. The summed E-state index contributed by atoms with van der Waals surface area (Å²) in [7, 11) is 3.79. The van der Waals surface area contributed by atoms with E-state index in [9.17, 15) is 14.4 Å². The van der Waals surface area contributed by atoms with Gasteiger partial charge in [0.25, 0.3) is 0 Å². The number of oxime groups is 1. The summed E-state index contributed by atoms with van der Waals surface area (Å²) in [5.74, 6) is -3.93. The Kier molecular flexibility index (Phi) is 6.73. The molecule has 3 rings (SSSR count). The van der Waals surface area contributed by atoms with E-state index >= 15 is 0 Å². The molecule has 29 heavy (non-hydrogen) atoms. The molecular weight excluding hydrogens is 464 g/mol. The number of Topliss-reactive ketones (excluding diaryl/α,β-unsaturated/α-hetero) is 2. The molecule has 0 amide bonds. The fourth-order valence-electron chi connectivity index (χ4n) is 3.41. The van der Waals surface area contributed by atoms with Gasteiger partial charge in [0.2, 0.25) is 6.54 Å². The number of rotatable bonds is 4. The maximum Gasteiger partial charge on any atom is 0.399 e. The second-order valence-electron chi connectivity index (χ2n) is 7.08. The molecular formula is C18H18Cl4N3O4+. The van der Waals surface area contributed by atoms with Gasteiger partial charge < -0.3 is 9.74 Å². The summed E-state index contributed by atoms with van der Waals surface area (Å²) < 4.78 is 1.58. The van der Waals surface area contributed by atoms with E-state index in [0.29, 0.717) is 0 Å². The van der Waals surface area contributed by atoms with Gasteiger partial charge in [-0.1, -0.05) is 5.16 Å². The molecule has 11 heteroatoms. The average Bonchev–Trinajstić information content (AvgIpc) is 2.93. The number of hydrogen-bond acceptors (Lipinski definition) is 6. The maximum absolute atomic E-state index is 12.6. The summed E-state index contributed by atoms with van der Waals surface area (Å²) in [4.78, 5) is 44.1. The summed E-state index contributed by atoms with van der Waals surface area (Å²) in [6.07, 6.45) is 3.39. The Bertz CT molecular complexity index is 827. The molecule has 1 aromatic heterocycles. The number of nitrogens with zero attached hydrogens (tertiary/aromatic N) is 3. The molecule has 2 aliphatic carbocycles. The standard InChI is InChI=1S/C18H18Cl4N3O4/c1-24(2)8-3-5-25(6-4-8)7-9(26)29-23-16-17(27)10-11(18(16)28)13(20)15(22)14(21)12(10)19/h3-6,10-15H,7H2,1-2H3/q+1. The first-order chi connectivity index (χ1) is 13.6. The van der Waals surface area contributed by atoms with Crippen molar-refractivity contribution in [3.05, 3.63) is 24.5 Å². The lowest BCUT2D eigenvalue weighted by Gasteiger charge is -2.38. The van der Waals surface area contributed by atoms with Crippen LogP contribution in [0.15, 0.2) is 29.7 Å². The first kappa shape index (κ1) is 22.3. The van der Waals surface area contributed by atoms with E-state index in [-0.39, 0.29) is 6.54 Å². The molecule has 0 spiro atoms. The van der Waals surface area contributed by atoms with Gasteiger partial charge in [-0.3, -0.25) is 9.59 Å². The number of halogens is 4. The summed E-state index contributed by atoms with van der Waals surface area (Å²) in [6.45, 7) is -0.149. The van der Waals surface area contributed by atoms with E-state index in [1.165, 1.54) is 0 Å². The molecule has 156 valence electrons. The Labute approximate surface area is 187 Å². The third-order valence-electron chi connectivity index (χ3n) is 5.00. The first-order valence-corrected chi connectivity index (χ1v) is 10.5. The molecule has 0 aromatic carbocycles. The molecule has 2 fully saturated rings. The van der Waals surface area contributed by atoms with Gasteiger partial charge in [0.05, 0.1) is 33.3 Å². The summed E-state index contributed by atoms with van der Waals surface area (Å²) in [5, 5.41) is 0.165. The highest BCUT2D eigenvalue weighted by Gasteiger charge is 2.60. The third-order valence-corrected chi connectivity index (χ3v) is 7.56. The molecule has 2 aliphatic rings. The Morgan fingerprint density at radius 3 is 1.93 bits per heavy atom. The fourth-order valence-corrected chi connectivity index (χ4v) is 5.05. The average molecular weight is 482 g/mol. The van der Waals surface area contributed by atoms with Crippen molar-refractivity contribution in [3.8, 4) is 0 Å². The topological polar surface area (TPSA) is 79.9 Å². The lowest BCUT2D eigenvalue weighted by Crippen LogP contribution is -2.51. The molecule has 7 nitrogen and oxygen atoms in total. The zero-order valence-corrected chi connectivity index (χ0v) is 18.5. The SMILES string of the molecule is CN(C)c1cc[n+](CC(=O)ON=C2C(=O)C3C(Cl)C(Cl)C(Cl)C(Cl)C3C2=O)cc1. The minimum Gasteiger partial charge on any atom is -0.377 e. The van der Waals surface area contributed by atoms with Crippen LogP contribution in [0.2, 0.25) is 0 Å². The van der Waals surface area contributed by atoms with Crippen molar-refractivity contribution < 1.29 is 23.8 Å². The third kappa shape index (κ3) is 4.24. The minimum absolute atomic E-state index is 0.149. The summed E-state index contributed by atoms with van der Waals surface area (Å²) in [6, 6.07) is 3.64. The van der Waals surface area contributed by atoms with Crippen LogP contribution in [0.4, 0.5) is 5.69 Å². The van der Waals surface area contributed by atoms with Gasteiger partial charge in [-0.05, 0) is 0 Å². The number of carbonyl (C=O) groups is 3. The van der Waals surface area contributed by atoms with E-state index in [1.54, 1.807) is 17.0 Å². The number of aromatic nitrogens is 1. The van der Waals surface area contributed by atoms with Crippen LogP contribution < -0.4 is 9.47 Å². The van der Waals surface area contributed by atoms with Crippen molar-refractivity contribution in [1.29, 1.82) is 0 Å². The maximum atomic E-state index is 12.6. The molecule has 0 saturated heterocycles. The Balaban J connectivity index is 1.71. The molecule has 0 N–H and O–H groups in total. The molecule has 1 aromatic rings. The van der Waals surface area contributed by atoms with Crippen molar-refractivity contribution in [1.82, 2.24) is 0 Å². The zero-order chi connectivity index (χ0) is 21.5. The highest BCUT2D eigenvalue weighted by Crippen LogP contribution is 2.46. The van der Waals surface area contributed by atoms with Gasteiger partial charge >= 0.3 is 5.97 Å². The van der Waals surface area contributed by atoms with E-state index in [4.69, 9.17) is 51.2 Å². The van der Waals surface area contributed by atoms with Gasteiger partial charge in [0.15, 0.2) is 29.7 Å². The number of fused-ring (bicyclic) bond motifs is 1. The van der Waals surface area contributed by atoms with Crippen molar-refractivity contribution >= 4 is 75.3 Å². The van der Waals surface area contributed by atoms with Gasteiger partial charge in [0.1, 0.15) is 0 Å². The predicted octanol–water partition coefficient (Wildman–Crippen LogP) is 1.77. The molecule has 0 radical (unpaired) electrons. The smallest absolute Gasteiger partial charge is 0.377 e. The number of alkyl halides is 4. The highest BCUT2D eigenvalue weighted by atomic mass is 35.5. The molecule has 0 aliphatic heterocycles. The number of pyridine rings is 1. The van der Waals surface area contributed by atoms with Crippen LogP contribution in [0.3, 0.4) is 0 Å². The second-order valence-corrected chi connectivity index (χ2v) is 9.10. The quantitative estimate of drug-likeness (QED) is 0.283. The van der Waals surface area contributed by atoms with Gasteiger partial charge in [-0.25, -0.2) is 4.79 Å². The van der Waals surface area contributed by atoms with E-state index in [0.717, 1.165) is 5.69 Å². The molecule has 2 saturated carbocycles. The van der Waals surface area contributed by atoms with Crippen LogP contribution in [0.5, 0.6) is 0 Å². The molecule has 6 atom stereocenters. The number of carbonyl (C=O) groups excluding carboxylic acids is 3. The van der Waals surface area contributed by atoms with Crippen LogP contribution >= 0.6 is 46.4 Å².